The van der Waals surface area contributed by atoms with Crippen LogP contribution in [-0.2, 0) is 4.79 Å². The smallest absolute Gasteiger partial charge is 0.258 e. The molecule has 0 saturated heterocycles. The molecular weight excluding hydrogens is 286 g/mol. The van der Waals surface area contributed by atoms with Crippen LogP contribution in [-0.4, -0.2) is 12.5 Å². The number of ether oxygens (including phenoxy) is 1. The van der Waals surface area contributed by atoms with Crippen molar-refractivity contribution in [3.8, 4) is 5.75 Å². The minimum atomic E-state index is -0.119. The highest BCUT2D eigenvalue weighted by Gasteiger charge is 2.10. The zero-order valence-corrected chi connectivity index (χ0v) is 14.3. The molecule has 3 heteroatoms. The molecule has 1 amide bonds. The van der Waals surface area contributed by atoms with Crippen molar-refractivity contribution in [2.75, 3.05) is 6.61 Å². The Bertz CT molecular complexity index is 647. The summed E-state index contributed by atoms with van der Waals surface area (Å²) in [5, 5.41) is 2.97. The van der Waals surface area contributed by atoms with E-state index in [0.29, 0.717) is 11.7 Å². The predicted molar refractivity (Wildman–Crippen MR) is 93.8 cm³/mol. The molecule has 0 saturated carbocycles. The Morgan fingerprint density at radius 2 is 1.70 bits per heavy atom. The van der Waals surface area contributed by atoms with Gasteiger partial charge >= 0.3 is 0 Å². The van der Waals surface area contributed by atoms with Crippen molar-refractivity contribution in [3.05, 3.63) is 65.2 Å². The van der Waals surface area contributed by atoms with E-state index in [0.717, 1.165) is 11.1 Å². The summed E-state index contributed by atoms with van der Waals surface area (Å²) in [5.41, 5.74) is 3.51. The molecule has 0 bridgehead atoms. The monoisotopic (exact) mass is 311 g/mol. The summed E-state index contributed by atoms with van der Waals surface area (Å²) in [6.45, 7) is 8.34. The lowest BCUT2D eigenvalue weighted by molar-refractivity contribution is -0.123. The van der Waals surface area contributed by atoms with Crippen molar-refractivity contribution in [3.63, 3.8) is 0 Å². The van der Waals surface area contributed by atoms with Gasteiger partial charge in [-0.3, -0.25) is 4.79 Å². The zero-order valence-electron chi connectivity index (χ0n) is 14.3. The highest BCUT2D eigenvalue weighted by Crippen LogP contribution is 2.18. The number of carbonyl (C=O) groups excluding carboxylic acids is 1. The second kappa shape index (κ2) is 7.82. The topological polar surface area (TPSA) is 38.3 Å². The van der Waals surface area contributed by atoms with Crippen LogP contribution in [0.25, 0.3) is 0 Å². The minimum Gasteiger partial charge on any atom is -0.484 e. The first kappa shape index (κ1) is 17.1. The molecule has 2 aromatic rings. The van der Waals surface area contributed by atoms with Crippen LogP contribution in [0.3, 0.4) is 0 Å². The maximum Gasteiger partial charge on any atom is 0.258 e. The molecule has 122 valence electrons. The van der Waals surface area contributed by atoms with Crippen LogP contribution in [0.4, 0.5) is 0 Å². The van der Waals surface area contributed by atoms with Crippen LogP contribution < -0.4 is 10.1 Å². The van der Waals surface area contributed by atoms with Crippen LogP contribution in [0.15, 0.2) is 48.5 Å². The first-order valence-corrected chi connectivity index (χ1v) is 8.04. The SMILES string of the molecule is Cc1cccc(OCC(=O)NC(C)c2ccc(C(C)C)cc2)c1. The first-order chi connectivity index (χ1) is 11.0. The molecule has 0 aromatic heterocycles. The fourth-order valence-corrected chi connectivity index (χ4v) is 2.39. The Morgan fingerprint density at radius 1 is 1.04 bits per heavy atom. The molecule has 2 rings (SSSR count). The van der Waals surface area contributed by atoms with Crippen LogP contribution in [0.1, 0.15) is 49.4 Å². The van der Waals surface area contributed by atoms with Crippen molar-refractivity contribution in [2.24, 2.45) is 0 Å². The predicted octanol–water partition coefficient (Wildman–Crippen LogP) is 4.37. The molecule has 0 heterocycles. The van der Waals surface area contributed by atoms with Gasteiger partial charge in [0, 0.05) is 0 Å². The van der Waals surface area contributed by atoms with Gasteiger partial charge < -0.3 is 10.1 Å². The number of hydrogen-bond acceptors (Lipinski definition) is 2. The molecule has 0 radical (unpaired) electrons. The molecule has 0 aliphatic carbocycles. The molecule has 1 N–H and O–H groups in total. The fraction of sp³-hybridized carbons (Fsp3) is 0.350. The Kier molecular flexibility index (Phi) is 5.80. The van der Waals surface area contributed by atoms with E-state index in [1.54, 1.807) is 0 Å². The molecule has 0 fully saturated rings. The van der Waals surface area contributed by atoms with E-state index in [2.05, 4.69) is 43.4 Å². The lowest BCUT2D eigenvalue weighted by Crippen LogP contribution is -2.31. The molecule has 0 aliphatic rings. The summed E-state index contributed by atoms with van der Waals surface area (Å²) < 4.78 is 5.52. The number of nitrogens with one attached hydrogen (secondary N) is 1. The van der Waals surface area contributed by atoms with E-state index in [1.807, 2.05) is 38.1 Å². The largest absolute Gasteiger partial charge is 0.484 e. The molecule has 1 atom stereocenters. The summed E-state index contributed by atoms with van der Waals surface area (Å²) >= 11 is 0. The number of carbonyl (C=O) groups is 1. The third-order valence-corrected chi connectivity index (χ3v) is 3.84. The average molecular weight is 311 g/mol. The van der Waals surface area contributed by atoms with Gasteiger partial charge in [-0.25, -0.2) is 0 Å². The van der Waals surface area contributed by atoms with Gasteiger partial charge in [-0.05, 0) is 48.6 Å². The van der Waals surface area contributed by atoms with Crippen molar-refractivity contribution in [1.82, 2.24) is 5.32 Å². The lowest BCUT2D eigenvalue weighted by Gasteiger charge is -2.16. The number of amides is 1. The molecular formula is C20H25NO2. The summed E-state index contributed by atoms with van der Waals surface area (Å²) in [6.07, 6.45) is 0. The first-order valence-electron chi connectivity index (χ1n) is 8.04. The van der Waals surface area contributed by atoms with Gasteiger partial charge in [0.15, 0.2) is 6.61 Å². The number of rotatable bonds is 6. The third-order valence-electron chi connectivity index (χ3n) is 3.84. The minimum absolute atomic E-state index is 0.0257. The van der Waals surface area contributed by atoms with Gasteiger partial charge in [-0.15, -0.1) is 0 Å². The molecule has 2 aromatic carbocycles. The quantitative estimate of drug-likeness (QED) is 0.860. The van der Waals surface area contributed by atoms with Crippen LogP contribution >= 0.6 is 0 Å². The summed E-state index contributed by atoms with van der Waals surface area (Å²) in [7, 11) is 0. The van der Waals surface area contributed by atoms with Crippen LogP contribution in [0, 0.1) is 6.92 Å². The number of benzene rings is 2. The van der Waals surface area contributed by atoms with E-state index in [-0.39, 0.29) is 18.6 Å². The van der Waals surface area contributed by atoms with Crippen molar-refractivity contribution < 1.29 is 9.53 Å². The summed E-state index contributed by atoms with van der Waals surface area (Å²) in [5.74, 6) is 1.11. The molecule has 0 aliphatic heterocycles. The van der Waals surface area contributed by atoms with E-state index in [9.17, 15) is 4.79 Å². The van der Waals surface area contributed by atoms with Gasteiger partial charge in [0.25, 0.3) is 5.91 Å². The maximum absolute atomic E-state index is 12.0. The molecule has 23 heavy (non-hydrogen) atoms. The summed E-state index contributed by atoms with van der Waals surface area (Å²) in [6, 6.07) is 16.0. The molecule has 1 unspecified atom stereocenters. The van der Waals surface area contributed by atoms with Crippen LogP contribution in [0.5, 0.6) is 5.75 Å². The summed E-state index contributed by atoms with van der Waals surface area (Å²) in [4.78, 5) is 12.0. The van der Waals surface area contributed by atoms with E-state index >= 15 is 0 Å². The second-order valence-corrected chi connectivity index (χ2v) is 6.22. The number of aryl methyl sites for hydroxylation is 1. The standard InChI is InChI=1S/C20H25NO2/c1-14(2)17-8-10-18(11-9-17)16(4)21-20(22)13-23-19-7-5-6-15(3)12-19/h5-12,14,16H,13H2,1-4H3,(H,21,22). The third kappa shape index (κ3) is 5.13. The van der Waals surface area contributed by atoms with Crippen molar-refractivity contribution >= 4 is 5.91 Å². The Hall–Kier alpha value is -2.29. The number of hydrogen-bond donors (Lipinski definition) is 1. The Labute approximate surface area is 138 Å². The van der Waals surface area contributed by atoms with Gasteiger partial charge in [-0.2, -0.15) is 0 Å². The van der Waals surface area contributed by atoms with Crippen molar-refractivity contribution in [2.45, 2.75) is 39.7 Å². The van der Waals surface area contributed by atoms with E-state index in [4.69, 9.17) is 4.74 Å². The maximum atomic E-state index is 12.0. The van der Waals surface area contributed by atoms with Crippen molar-refractivity contribution in [1.29, 1.82) is 0 Å². The van der Waals surface area contributed by atoms with E-state index < -0.39 is 0 Å². The zero-order chi connectivity index (χ0) is 16.8. The highest BCUT2D eigenvalue weighted by atomic mass is 16.5. The second-order valence-electron chi connectivity index (χ2n) is 6.22. The van der Waals surface area contributed by atoms with Gasteiger partial charge in [-0.1, -0.05) is 50.2 Å². The van der Waals surface area contributed by atoms with Gasteiger partial charge in [0.2, 0.25) is 0 Å². The highest BCUT2D eigenvalue weighted by molar-refractivity contribution is 5.78. The average Bonchev–Trinajstić information content (AvgIpc) is 2.53. The normalized spacial score (nSPS) is 12.0. The Balaban J connectivity index is 1.86. The van der Waals surface area contributed by atoms with Crippen LogP contribution in [0.2, 0.25) is 0 Å². The lowest BCUT2D eigenvalue weighted by atomic mass is 9.99. The molecule has 0 spiro atoms. The Morgan fingerprint density at radius 3 is 2.30 bits per heavy atom. The van der Waals surface area contributed by atoms with E-state index in [1.165, 1.54) is 5.56 Å². The van der Waals surface area contributed by atoms with Gasteiger partial charge in [0.05, 0.1) is 6.04 Å². The molecule has 3 nitrogen and oxygen atoms in total. The fourth-order valence-electron chi connectivity index (χ4n) is 2.39. The van der Waals surface area contributed by atoms with Gasteiger partial charge in [0.1, 0.15) is 5.75 Å².